The summed E-state index contributed by atoms with van der Waals surface area (Å²) in [5, 5.41) is 2.82. The van der Waals surface area contributed by atoms with Gasteiger partial charge in [0.15, 0.2) is 0 Å². The Hall–Kier alpha value is -1.44. The third-order valence-electron chi connectivity index (χ3n) is 3.71. The number of hydrogen-bond donors (Lipinski definition) is 1. The number of carbonyl (C=O) groups is 1. The molecule has 1 heterocycles. The van der Waals surface area contributed by atoms with Gasteiger partial charge in [0.05, 0.1) is 18.1 Å². The molecule has 1 saturated heterocycles. The fraction of sp³-hybridized carbons (Fsp3) is 0.562. The molecule has 0 radical (unpaired) electrons. The predicted octanol–water partition coefficient (Wildman–Crippen LogP) is 1.48. The van der Waals surface area contributed by atoms with Crippen LogP contribution in [0.25, 0.3) is 0 Å². The quantitative estimate of drug-likeness (QED) is 0.851. The molecule has 1 N–H and O–H groups in total. The van der Waals surface area contributed by atoms with Gasteiger partial charge in [-0.25, -0.2) is 8.42 Å². The molecule has 128 valence electrons. The van der Waals surface area contributed by atoms with E-state index in [2.05, 4.69) is 19.2 Å². The average molecular weight is 340 g/mol. The zero-order valence-corrected chi connectivity index (χ0v) is 14.4. The Labute approximate surface area is 137 Å². The van der Waals surface area contributed by atoms with Crippen molar-refractivity contribution in [3.8, 4) is 0 Å². The smallest absolute Gasteiger partial charge is 0.251 e. The van der Waals surface area contributed by atoms with Crippen LogP contribution in [0.15, 0.2) is 29.2 Å². The van der Waals surface area contributed by atoms with Crippen molar-refractivity contribution in [1.29, 1.82) is 0 Å². The first kappa shape index (κ1) is 17.9. The minimum absolute atomic E-state index is 0.149. The first-order chi connectivity index (χ1) is 10.9. The standard InChI is InChI=1S/C16H24N2O4S/c1-13(2)6-7-17-16(19)14-4-3-5-15(12-14)23(20,21)18-8-10-22-11-9-18/h3-5,12-13H,6-11H2,1-2H3,(H,17,19). The van der Waals surface area contributed by atoms with E-state index in [0.717, 1.165) is 6.42 Å². The Kier molecular flexibility index (Phi) is 6.15. The van der Waals surface area contributed by atoms with Gasteiger partial charge in [-0.15, -0.1) is 0 Å². The number of nitrogens with one attached hydrogen (secondary N) is 1. The number of carbonyl (C=O) groups excluding carboxylic acids is 1. The van der Waals surface area contributed by atoms with E-state index in [1.54, 1.807) is 12.1 Å². The molecule has 6 nitrogen and oxygen atoms in total. The van der Waals surface area contributed by atoms with Crippen molar-refractivity contribution in [1.82, 2.24) is 9.62 Å². The molecular weight excluding hydrogens is 316 g/mol. The van der Waals surface area contributed by atoms with Crippen LogP contribution in [0.5, 0.6) is 0 Å². The summed E-state index contributed by atoms with van der Waals surface area (Å²) in [5.41, 5.74) is 0.364. The monoisotopic (exact) mass is 340 g/mol. The van der Waals surface area contributed by atoms with Crippen molar-refractivity contribution < 1.29 is 17.9 Å². The molecule has 2 rings (SSSR count). The van der Waals surface area contributed by atoms with E-state index < -0.39 is 10.0 Å². The van der Waals surface area contributed by atoms with Gasteiger partial charge < -0.3 is 10.1 Å². The summed E-state index contributed by atoms with van der Waals surface area (Å²) in [6, 6.07) is 6.19. The van der Waals surface area contributed by atoms with Crippen LogP contribution in [-0.2, 0) is 14.8 Å². The SMILES string of the molecule is CC(C)CCNC(=O)c1cccc(S(=O)(=O)N2CCOCC2)c1. The Balaban J connectivity index is 2.11. The lowest BCUT2D eigenvalue weighted by Crippen LogP contribution is -2.40. The van der Waals surface area contributed by atoms with E-state index in [1.165, 1.54) is 16.4 Å². The second kappa shape index (κ2) is 7.90. The molecule has 0 unspecified atom stereocenters. The van der Waals surface area contributed by atoms with Gasteiger partial charge in [-0.3, -0.25) is 4.79 Å². The summed E-state index contributed by atoms with van der Waals surface area (Å²) in [6.45, 7) is 6.23. The van der Waals surface area contributed by atoms with Crippen LogP contribution < -0.4 is 5.32 Å². The highest BCUT2D eigenvalue weighted by molar-refractivity contribution is 7.89. The fourth-order valence-corrected chi connectivity index (χ4v) is 3.76. The molecule has 1 fully saturated rings. The van der Waals surface area contributed by atoms with Crippen LogP contribution in [-0.4, -0.2) is 51.5 Å². The maximum atomic E-state index is 12.6. The molecule has 1 aliphatic rings. The third kappa shape index (κ3) is 4.76. The van der Waals surface area contributed by atoms with E-state index in [-0.39, 0.29) is 10.8 Å². The van der Waals surface area contributed by atoms with Crippen molar-refractivity contribution >= 4 is 15.9 Å². The second-order valence-electron chi connectivity index (χ2n) is 5.98. The number of nitrogens with zero attached hydrogens (tertiary/aromatic N) is 1. The number of morpholine rings is 1. The minimum Gasteiger partial charge on any atom is -0.379 e. The van der Waals surface area contributed by atoms with Gasteiger partial charge >= 0.3 is 0 Å². The van der Waals surface area contributed by atoms with Gasteiger partial charge in [-0.05, 0) is 30.5 Å². The van der Waals surface area contributed by atoms with Crippen molar-refractivity contribution in [2.75, 3.05) is 32.8 Å². The van der Waals surface area contributed by atoms with E-state index >= 15 is 0 Å². The second-order valence-corrected chi connectivity index (χ2v) is 7.92. The zero-order valence-electron chi connectivity index (χ0n) is 13.6. The van der Waals surface area contributed by atoms with Crippen LogP contribution in [0, 0.1) is 5.92 Å². The number of hydrogen-bond acceptors (Lipinski definition) is 4. The number of rotatable bonds is 6. The van der Waals surface area contributed by atoms with Crippen LogP contribution >= 0.6 is 0 Å². The maximum Gasteiger partial charge on any atom is 0.251 e. The van der Waals surface area contributed by atoms with Crippen LogP contribution in [0.1, 0.15) is 30.6 Å². The van der Waals surface area contributed by atoms with Gasteiger partial charge in [0.2, 0.25) is 10.0 Å². The summed E-state index contributed by atoms with van der Waals surface area (Å²) in [5.74, 6) is 0.257. The van der Waals surface area contributed by atoms with E-state index in [0.29, 0.717) is 44.3 Å². The molecule has 1 aromatic carbocycles. The molecule has 0 aliphatic carbocycles. The normalized spacial score (nSPS) is 16.5. The Morgan fingerprint density at radius 3 is 2.65 bits per heavy atom. The molecule has 1 aromatic rings. The van der Waals surface area contributed by atoms with Gasteiger partial charge in [0.25, 0.3) is 5.91 Å². The van der Waals surface area contributed by atoms with Gasteiger partial charge in [0, 0.05) is 25.2 Å². The summed E-state index contributed by atoms with van der Waals surface area (Å²) >= 11 is 0. The number of amides is 1. The molecule has 0 bridgehead atoms. The summed E-state index contributed by atoms with van der Waals surface area (Å²) in [4.78, 5) is 12.3. The Morgan fingerprint density at radius 1 is 1.30 bits per heavy atom. The lowest BCUT2D eigenvalue weighted by molar-refractivity contribution is 0.0730. The van der Waals surface area contributed by atoms with E-state index in [9.17, 15) is 13.2 Å². The molecular formula is C16H24N2O4S. The molecule has 0 saturated carbocycles. The molecule has 7 heteroatoms. The van der Waals surface area contributed by atoms with Crippen LogP contribution in [0.3, 0.4) is 0 Å². The van der Waals surface area contributed by atoms with Crippen molar-refractivity contribution in [2.24, 2.45) is 5.92 Å². The number of ether oxygens (including phenoxy) is 1. The van der Waals surface area contributed by atoms with Gasteiger partial charge in [-0.2, -0.15) is 4.31 Å². The highest BCUT2D eigenvalue weighted by Gasteiger charge is 2.26. The summed E-state index contributed by atoms with van der Waals surface area (Å²) < 4.78 is 31.8. The summed E-state index contributed by atoms with van der Waals surface area (Å²) in [6.07, 6.45) is 0.886. The van der Waals surface area contributed by atoms with Gasteiger partial charge in [0.1, 0.15) is 0 Å². The largest absolute Gasteiger partial charge is 0.379 e. The molecule has 0 atom stereocenters. The highest BCUT2D eigenvalue weighted by Crippen LogP contribution is 2.18. The van der Waals surface area contributed by atoms with Crippen molar-refractivity contribution in [3.63, 3.8) is 0 Å². The maximum absolute atomic E-state index is 12.6. The van der Waals surface area contributed by atoms with Crippen molar-refractivity contribution in [3.05, 3.63) is 29.8 Å². The lowest BCUT2D eigenvalue weighted by Gasteiger charge is -2.26. The number of benzene rings is 1. The first-order valence-corrected chi connectivity index (χ1v) is 9.31. The van der Waals surface area contributed by atoms with Crippen molar-refractivity contribution in [2.45, 2.75) is 25.2 Å². The zero-order chi connectivity index (χ0) is 16.9. The topological polar surface area (TPSA) is 75.7 Å². The summed E-state index contributed by atoms with van der Waals surface area (Å²) in [7, 11) is -3.58. The molecule has 0 spiro atoms. The number of sulfonamides is 1. The molecule has 23 heavy (non-hydrogen) atoms. The van der Waals surface area contributed by atoms with Crippen LogP contribution in [0.2, 0.25) is 0 Å². The van der Waals surface area contributed by atoms with Crippen LogP contribution in [0.4, 0.5) is 0 Å². The van der Waals surface area contributed by atoms with E-state index in [4.69, 9.17) is 4.74 Å². The highest BCUT2D eigenvalue weighted by atomic mass is 32.2. The first-order valence-electron chi connectivity index (χ1n) is 7.87. The Morgan fingerprint density at radius 2 is 2.00 bits per heavy atom. The molecule has 1 aliphatic heterocycles. The Bertz CT molecular complexity index is 637. The lowest BCUT2D eigenvalue weighted by atomic mass is 10.1. The van der Waals surface area contributed by atoms with E-state index in [1.807, 2.05) is 0 Å². The third-order valence-corrected chi connectivity index (χ3v) is 5.61. The molecule has 0 aromatic heterocycles. The van der Waals surface area contributed by atoms with Gasteiger partial charge in [-0.1, -0.05) is 19.9 Å². The fourth-order valence-electron chi connectivity index (χ4n) is 2.31. The average Bonchev–Trinajstić information content (AvgIpc) is 2.55. The predicted molar refractivity (Wildman–Crippen MR) is 87.8 cm³/mol. The minimum atomic E-state index is -3.58. The molecule has 1 amide bonds.